The van der Waals surface area contributed by atoms with Gasteiger partial charge in [0.05, 0.1) is 11.6 Å². The van der Waals surface area contributed by atoms with E-state index in [9.17, 15) is 21.6 Å². The van der Waals surface area contributed by atoms with Gasteiger partial charge in [-0.2, -0.15) is 26.9 Å². The lowest BCUT2D eigenvalue weighted by Gasteiger charge is -2.09. The molecule has 0 spiro atoms. The molecule has 0 aliphatic carbocycles. The second-order valence-electron chi connectivity index (χ2n) is 2.80. The SMILES string of the molecule is C=CC#N.O=S(=O)(O)c1ccccc1C(F)(F)F. The lowest BCUT2D eigenvalue weighted by atomic mass is 10.2. The Hall–Kier alpha value is -1.85. The van der Waals surface area contributed by atoms with Crippen LogP contribution in [0.15, 0.2) is 41.8 Å². The maximum atomic E-state index is 12.2. The highest BCUT2D eigenvalue weighted by atomic mass is 32.2. The predicted octanol–water partition coefficient (Wildman–Crippen LogP) is 2.65. The Morgan fingerprint density at radius 2 is 1.78 bits per heavy atom. The Kier molecular flexibility index (Phi) is 5.55. The summed E-state index contributed by atoms with van der Waals surface area (Å²) in [4.78, 5) is -1.13. The Balaban J connectivity index is 0.000000631. The number of halogens is 3. The molecule has 0 unspecified atom stereocenters. The van der Waals surface area contributed by atoms with Crippen LogP contribution in [0.3, 0.4) is 0 Å². The van der Waals surface area contributed by atoms with Crippen molar-refractivity contribution in [3.05, 3.63) is 42.5 Å². The third-order valence-corrected chi connectivity index (χ3v) is 2.47. The predicted molar refractivity (Wildman–Crippen MR) is 57.1 cm³/mol. The van der Waals surface area contributed by atoms with Crippen molar-refractivity contribution in [3.63, 3.8) is 0 Å². The van der Waals surface area contributed by atoms with E-state index in [0.29, 0.717) is 12.1 Å². The molecule has 1 aromatic rings. The highest BCUT2D eigenvalue weighted by Gasteiger charge is 2.36. The Morgan fingerprint density at radius 3 is 2.06 bits per heavy atom. The molecule has 0 fully saturated rings. The summed E-state index contributed by atoms with van der Waals surface area (Å²) >= 11 is 0. The Labute approximate surface area is 102 Å². The van der Waals surface area contributed by atoms with Crippen LogP contribution < -0.4 is 0 Å². The van der Waals surface area contributed by atoms with Crippen LogP contribution in [0.4, 0.5) is 13.2 Å². The molecule has 0 aliphatic rings. The molecule has 18 heavy (non-hydrogen) atoms. The summed E-state index contributed by atoms with van der Waals surface area (Å²) in [6, 6.07) is 5.11. The molecule has 0 saturated heterocycles. The molecule has 0 radical (unpaired) electrons. The third kappa shape index (κ3) is 4.99. The van der Waals surface area contributed by atoms with Crippen molar-refractivity contribution in [2.24, 2.45) is 0 Å². The zero-order chi connectivity index (χ0) is 14.4. The van der Waals surface area contributed by atoms with Crippen LogP contribution in [0, 0.1) is 11.3 Å². The van der Waals surface area contributed by atoms with E-state index in [4.69, 9.17) is 9.81 Å². The van der Waals surface area contributed by atoms with Crippen molar-refractivity contribution < 1.29 is 26.1 Å². The standard InChI is InChI=1S/C7H5F3O3S.C3H3N/c8-7(9,10)5-3-1-2-4-6(5)14(11,12)13;1-2-3-4/h1-4H,(H,11,12,13);2H,1H2. The molecule has 8 heteroatoms. The number of nitriles is 1. The van der Waals surface area contributed by atoms with Gasteiger partial charge in [-0.25, -0.2) is 0 Å². The van der Waals surface area contributed by atoms with E-state index in [1.165, 1.54) is 6.08 Å². The number of hydrogen-bond acceptors (Lipinski definition) is 3. The minimum Gasteiger partial charge on any atom is -0.282 e. The van der Waals surface area contributed by atoms with Crippen LogP contribution in [-0.2, 0) is 16.3 Å². The fraction of sp³-hybridized carbons (Fsp3) is 0.100. The zero-order valence-electron chi connectivity index (χ0n) is 8.85. The first-order valence-electron chi connectivity index (χ1n) is 4.28. The fourth-order valence-corrected chi connectivity index (χ4v) is 1.64. The minimum atomic E-state index is -4.84. The summed E-state index contributed by atoms with van der Waals surface area (Å²) in [5.41, 5.74) is -1.37. The van der Waals surface area contributed by atoms with Crippen LogP contribution >= 0.6 is 0 Å². The summed E-state index contributed by atoms with van der Waals surface area (Å²) in [6.07, 6.45) is -3.62. The van der Waals surface area contributed by atoms with Crippen molar-refractivity contribution in [1.82, 2.24) is 0 Å². The van der Waals surface area contributed by atoms with Crippen molar-refractivity contribution in [1.29, 1.82) is 5.26 Å². The van der Waals surface area contributed by atoms with Gasteiger partial charge < -0.3 is 0 Å². The first-order chi connectivity index (χ1) is 8.14. The van der Waals surface area contributed by atoms with Crippen molar-refractivity contribution in [2.45, 2.75) is 11.1 Å². The number of alkyl halides is 3. The van der Waals surface area contributed by atoms with Crippen molar-refractivity contribution in [3.8, 4) is 6.07 Å². The zero-order valence-corrected chi connectivity index (χ0v) is 9.66. The summed E-state index contributed by atoms with van der Waals surface area (Å²) in [5, 5.41) is 7.51. The molecular weight excluding hydrogens is 271 g/mol. The number of allylic oxidation sites excluding steroid dienone is 1. The number of rotatable bonds is 1. The third-order valence-electron chi connectivity index (χ3n) is 1.56. The second kappa shape index (κ2) is 6.18. The van der Waals surface area contributed by atoms with Gasteiger partial charge in [0.25, 0.3) is 10.1 Å². The topological polar surface area (TPSA) is 78.2 Å². The molecule has 0 saturated carbocycles. The van der Waals surface area contributed by atoms with Crippen LogP contribution in [0.1, 0.15) is 5.56 Å². The molecule has 0 amide bonds. The van der Waals surface area contributed by atoms with Crippen LogP contribution in [0.2, 0.25) is 0 Å². The van der Waals surface area contributed by atoms with Gasteiger partial charge in [-0.15, -0.1) is 0 Å². The van der Waals surface area contributed by atoms with E-state index in [2.05, 4.69) is 6.58 Å². The summed E-state index contributed by atoms with van der Waals surface area (Å²) in [6.45, 7) is 3.12. The van der Waals surface area contributed by atoms with Gasteiger partial charge in [0.1, 0.15) is 4.90 Å². The Bertz CT molecular complexity index is 558. The van der Waals surface area contributed by atoms with E-state index in [0.717, 1.165) is 12.1 Å². The van der Waals surface area contributed by atoms with Gasteiger partial charge in [0.2, 0.25) is 0 Å². The molecule has 1 aromatic carbocycles. The largest absolute Gasteiger partial charge is 0.417 e. The highest BCUT2D eigenvalue weighted by Crippen LogP contribution is 2.33. The number of hydrogen-bond donors (Lipinski definition) is 1. The van der Waals surface area contributed by atoms with E-state index in [1.54, 1.807) is 6.07 Å². The van der Waals surface area contributed by atoms with E-state index in [1.807, 2.05) is 0 Å². The molecule has 0 aliphatic heterocycles. The summed E-state index contributed by atoms with van der Waals surface area (Å²) < 4.78 is 66.2. The van der Waals surface area contributed by atoms with Crippen LogP contribution in [-0.4, -0.2) is 13.0 Å². The maximum Gasteiger partial charge on any atom is 0.417 e. The van der Waals surface area contributed by atoms with Gasteiger partial charge >= 0.3 is 6.18 Å². The molecule has 0 aromatic heterocycles. The quantitative estimate of drug-likeness (QED) is 0.633. The van der Waals surface area contributed by atoms with Gasteiger partial charge in [0.15, 0.2) is 0 Å². The van der Waals surface area contributed by atoms with Crippen molar-refractivity contribution >= 4 is 10.1 Å². The minimum absolute atomic E-state index is 0.586. The normalized spacial score (nSPS) is 10.8. The molecular formula is C10H8F3NO3S. The lowest BCUT2D eigenvalue weighted by Crippen LogP contribution is -2.12. The summed E-state index contributed by atoms with van der Waals surface area (Å²) in [7, 11) is -4.84. The highest BCUT2D eigenvalue weighted by molar-refractivity contribution is 7.85. The number of benzene rings is 1. The smallest absolute Gasteiger partial charge is 0.282 e. The molecule has 0 heterocycles. The second-order valence-corrected chi connectivity index (χ2v) is 4.19. The lowest BCUT2D eigenvalue weighted by molar-refractivity contribution is -0.140. The fourth-order valence-electron chi connectivity index (χ4n) is 0.926. The monoisotopic (exact) mass is 279 g/mol. The average molecular weight is 279 g/mol. The molecule has 1 rings (SSSR count). The Morgan fingerprint density at radius 1 is 1.33 bits per heavy atom. The molecule has 0 atom stereocenters. The van der Waals surface area contributed by atoms with Gasteiger partial charge in [-0.1, -0.05) is 18.7 Å². The van der Waals surface area contributed by atoms with Crippen molar-refractivity contribution in [2.75, 3.05) is 0 Å². The van der Waals surface area contributed by atoms with Crippen LogP contribution in [0.5, 0.6) is 0 Å². The van der Waals surface area contributed by atoms with Gasteiger partial charge in [0, 0.05) is 6.08 Å². The first kappa shape index (κ1) is 16.1. The van der Waals surface area contributed by atoms with Gasteiger partial charge in [-0.05, 0) is 12.1 Å². The van der Waals surface area contributed by atoms with E-state index >= 15 is 0 Å². The molecule has 4 nitrogen and oxygen atoms in total. The van der Waals surface area contributed by atoms with Gasteiger partial charge in [-0.3, -0.25) is 4.55 Å². The number of nitrogens with zero attached hydrogens (tertiary/aromatic N) is 1. The molecule has 1 N–H and O–H groups in total. The average Bonchev–Trinajstić information content (AvgIpc) is 2.27. The molecule has 98 valence electrons. The first-order valence-corrected chi connectivity index (χ1v) is 5.72. The van der Waals surface area contributed by atoms with E-state index < -0.39 is 26.8 Å². The van der Waals surface area contributed by atoms with Crippen LogP contribution in [0.25, 0.3) is 0 Å². The summed E-state index contributed by atoms with van der Waals surface area (Å²) in [5.74, 6) is 0. The molecule has 0 bridgehead atoms. The maximum absolute atomic E-state index is 12.2. The van der Waals surface area contributed by atoms with E-state index in [-0.39, 0.29) is 0 Å².